The molecule has 0 aliphatic carbocycles. The largest absolute Gasteiger partial charge is 0.481 e. The molecule has 0 aromatic rings. The molecule has 0 spiro atoms. The average molecular weight is 281 g/mol. The minimum Gasteiger partial charge on any atom is -0.481 e. The Morgan fingerprint density at radius 3 is 2.13 bits per heavy atom. The number of carboxylic acid groups (broad SMARTS) is 1. The zero-order valence-electron chi connectivity index (χ0n) is 9.12. The van der Waals surface area contributed by atoms with Gasteiger partial charge < -0.3 is 10.2 Å². The monoisotopic (exact) mass is 280 g/mol. The lowest BCUT2D eigenvalue weighted by atomic mass is 10.1. The molecular weight excluding hydrogens is 260 g/mol. The van der Waals surface area contributed by atoms with E-state index in [-0.39, 0.29) is 6.10 Å². The molecule has 0 rings (SSSR count). The van der Waals surface area contributed by atoms with E-state index in [9.17, 15) is 9.90 Å². The van der Waals surface area contributed by atoms with Gasteiger partial charge in [0.15, 0.2) is 0 Å². The Bertz CT molecular complexity index is 162. The van der Waals surface area contributed by atoms with Crippen molar-refractivity contribution < 1.29 is 15.0 Å². The molecule has 0 heterocycles. The lowest BCUT2D eigenvalue weighted by molar-refractivity contribution is -0.137. The van der Waals surface area contributed by atoms with Crippen LogP contribution in [-0.4, -0.2) is 27.6 Å². The van der Waals surface area contributed by atoms with Gasteiger partial charge in [0.1, 0.15) is 0 Å². The van der Waals surface area contributed by atoms with Crippen molar-refractivity contribution in [2.45, 2.75) is 57.5 Å². The van der Waals surface area contributed by atoms with Gasteiger partial charge in [0.05, 0.1) is 6.10 Å². The molecule has 2 N–H and O–H groups in total. The van der Waals surface area contributed by atoms with Crippen LogP contribution < -0.4 is 0 Å². The Balaban J connectivity index is 3.02. The first-order valence-electron chi connectivity index (χ1n) is 5.62. The Morgan fingerprint density at radius 1 is 1.07 bits per heavy atom. The molecule has 0 aliphatic heterocycles. The van der Waals surface area contributed by atoms with E-state index in [0.29, 0.717) is 11.8 Å². The molecule has 1 atom stereocenters. The van der Waals surface area contributed by atoms with E-state index in [1.54, 1.807) is 0 Å². The van der Waals surface area contributed by atoms with E-state index in [0.717, 1.165) is 44.9 Å². The fourth-order valence-corrected chi connectivity index (χ4v) is 1.76. The molecule has 90 valence electrons. The number of aliphatic hydroxyl groups is 1. The fraction of sp³-hybridized carbons (Fsp3) is 0.909. The first kappa shape index (κ1) is 14.9. The summed E-state index contributed by atoms with van der Waals surface area (Å²) in [5.74, 6) is -0.699. The zero-order chi connectivity index (χ0) is 11.5. The molecule has 1 unspecified atom stereocenters. The van der Waals surface area contributed by atoms with Gasteiger partial charge in [-0.05, 0) is 12.8 Å². The Labute approximate surface area is 100 Å². The quantitative estimate of drug-likeness (QED) is 0.478. The summed E-state index contributed by atoms with van der Waals surface area (Å²) in [5.41, 5.74) is 0. The lowest BCUT2D eigenvalue weighted by Gasteiger charge is -2.05. The van der Waals surface area contributed by atoms with E-state index in [1.165, 1.54) is 0 Å². The molecule has 0 fully saturated rings. The third-order valence-corrected chi connectivity index (χ3v) is 3.10. The molecule has 0 saturated heterocycles. The fourth-order valence-electron chi connectivity index (χ4n) is 1.44. The highest BCUT2D eigenvalue weighted by Crippen LogP contribution is 2.10. The van der Waals surface area contributed by atoms with Crippen LogP contribution >= 0.6 is 15.9 Å². The van der Waals surface area contributed by atoms with Gasteiger partial charge >= 0.3 is 5.97 Å². The molecule has 15 heavy (non-hydrogen) atoms. The van der Waals surface area contributed by atoms with Crippen LogP contribution in [-0.2, 0) is 4.79 Å². The third-order valence-electron chi connectivity index (χ3n) is 2.36. The summed E-state index contributed by atoms with van der Waals surface area (Å²) in [5, 5.41) is 18.3. The van der Waals surface area contributed by atoms with Crippen LogP contribution in [0.4, 0.5) is 0 Å². The molecule has 0 aromatic carbocycles. The van der Waals surface area contributed by atoms with Gasteiger partial charge in [0.25, 0.3) is 0 Å². The van der Waals surface area contributed by atoms with E-state index < -0.39 is 5.97 Å². The number of carboxylic acids is 1. The van der Waals surface area contributed by atoms with Gasteiger partial charge in [0, 0.05) is 11.8 Å². The first-order valence-corrected chi connectivity index (χ1v) is 6.74. The van der Waals surface area contributed by atoms with Crippen molar-refractivity contribution in [3.8, 4) is 0 Å². The SMILES string of the molecule is O=C(O)CCCCCCCCC(O)CBr. The highest BCUT2D eigenvalue weighted by molar-refractivity contribution is 9.09. The predicted molar refractivity (Wildman–Crippen MR) is 64.4 cm³/mol. The maximum absolute atomic E-state index is 10.2. The summed E-state index contributed by atoms with van der Waals surface area (Å²) in [4.78, 5) is 10.2. The Morgan fingerprint density at radius 2 is 1.60 bits per heavy atom. The van der Waals surface area contributed by atoms with E-state index in [4.69, 9.17) is 5.11 Å². The molecule has 0 radical (unpaired) electrons. The number of halogens is 1. The summed E-state index contributed by atoms with van der Waals surface area (Å²) in [6, 6.07) is 0. The highest BCUT2D eigenvalue weighted by Gasteiger charge is 2.00. The van der Waals surface area contributed by atoms with E-state index in [2.05, 4.69) is 15.9 Å². The molecule has 0 saturated carbocycles. The molecule has 4 heteroatoms. The summed E-state index contributed by atoms with van der Waals surface area (Å²) in [6.07, 6.45) is 7.20. The molecule has 0 amide bonds. The van der Waals surface area contributed by atoms with Crippen molar-refractivity contribution in [1.82, 2.24) is 0 Å². The predicted octanol–water partition coefficient (Wildman–Crippen LogP) is 2.95. The van der Waals surface area contributed by atoms with Crippen molar-refractivity contribution in [2.24, 2.45) is 0 Å². The summed E-state index contributed by atoms with van der Waals surface area (Å²) >= 11 is 3.23. The van der Waals surface area contributed by atoms with Gasteiger partial charge in [-0.25, -0.2) is 0 Å². The smallest absolute Gasteiger partial charge is 0.303 e. The topological polar surface area (TPSA) is 57.5 Å². The van der Waals surface area contributed by atoms with Crippen LogP contribution in [0.25, 0.3) is 0 Å². The van der Waals surface area contributed by atoms with E-state index >= 15 is 0 Å². The maximum Gasteiger partial charge on any atom is 0.303 e. The van der Waals surface area contributed by atoms with Crippen molar-refractivity contribution in [3.63, 3.8) is 0 Å². The summed E-state index contributed by atoms with van der Waals surface area (Å²) in [6.45, 7) is 0. The van der Waals surface area contributed by atoms with Crippen LogP contribution in [0.15, 0.2) is 0 Å². The minimum atomic E-state index is -0.699. The second-order valence-corrected chi connectivity index (χ2v) is 4.51. The number of aliphatic carboxylic acids is 1. The van der Waals surface area contributed by atoms with Crippen molar-refractivity contribution in [2.75, 3.05) is 5.33 Å². The lowest BCUT2D eigenvalue weighted by Crippen LogP contribution is -2.06. The van der Waals surface area contributed by atoms with E-state index in [1.807, 2.05) is 0 Å². The van der Waals surface area contributed by atoms with Gasteiger partial charge in [-0.2, -0.15) is 0 Å². The summed E-state index contributed by atoms with van der Waals surface area (Å²) < 4.78 is 0. The van der Waals surface area contributed by atoms with Crippen LogP contribution in [0.2, 0.25) is 0 Å². The number of hydrogen-bond acceptors (Lipinski definition) is 2. The second kappa shape index (κ2) is 10.4. The number of unbranched alkanes of at least 4 members (excludes halogenated alkanes) is 5. The van der Waals surface area contributed by atoms with Crippen molar-refractivity contribution in [3.05, 3.63) is 0 Å². The highest BCUT2D eigenvalue weighted by atomic mass is 79.9. The number of hydrogen-bond donors (Lipinski definition) is 2. The standard InChI is InChI=1S/C11H21BrO3/c12-9-10(13)7-5-3-1-2-4-6-8-11(14)15/h10,13H,1-9H2,(H,14,15). The van der Waals surface area contributed by atoms with Crippen molar-refractivity contribution in [1.29, 1.82) is 0 Å². The average Bonchev–Trinajstić information content (AvgIpc) is 2.21. The Kier molecular flexibility index (Phi) is 10.4. The van der Waals surface area contributed by atoms with Gasteiger partial charge in [0.2, 0.25) is 0 Å². The van der Waals surface area contributed by atoms with Crippen LogP contribution in [0.3, 0.4) is 0 Å². The molecular formula is C11H21BrO3. The third kappa shape index (κ3) is 11.8. The number of aliphatic hydroxyl groups excluding tert-OH is 1. The zero-order valence-corrected chi connectivity index (χ0v) is 10.7. The number of carbonyl (C=O) groups is 1. The first-order chi connectivity index (χ1) is 7.16. The second-order valence-electron chi connectivity index (χ2n) is 3.86. The minimum absolute atomic E-state index is 0.211. The van der Waals surface area contributed by atoms with Crippen LogP contribution in [0, 0.1) is 0 Å². The van der Waals surface area contributed by atoms with Gasteiger partial charge in [-0.3, -0.25) is 4.79 Å². The van der Waals surface area contributed by atoms with Crippen molar-refractivity contribution >= 4 is 21.9 Å². The molecule has 0 aromatic heterocycles. The Hall–Kier alpha value is -0.0900. The maximum atomic E-state index is 10.2. The molecule has 3 nitrogen and oxygen atoms in total. The summed E-state index contributed by atoms with van der Waals surface area (Å²) in [7, 11) is 0. The molecule has 0 bridgehead atoms. The number of rotatable bonds is 10. The van der Waals surface area contributed by atoms with Gasteiger partial charge in [-0.1, -0.05) is 48.0 Å². The van der Waals surface area contributed by atoms with Gasteiger partial charge in [-0.15, -0.1) is 0 Å². The van der Waals surface area contributed by atoms with Crippen LogP contribution in [0.5, 0.6) is 0 Å². The number of alkyl halides is 1. The van der Waals surface area contributed by atoms with Crippen LogP contribution in [0.1, 0.15) is 51.4 Å². The molecule has 0 aliphatic rings. The normalized spacial score (nSPS) is 12.7.